The molecule has 1 saturated carbocycles. The molecule has 17 heavy (non-hydrogen) atoms. The first-order valence-corrected chi connectivity index (χ1v) is 6.18. The van der Waals surface area contributed by atoms with Crippen LogP contribution in [0.15, 0.2) is 0 Å². The molecular weight excluding hydrogens is 220 g/mol. The van der Waals surface area contributed by atoms with Crippen LogP contribution in [0.1, 0.15) is 19.3 Å². The molecule has 0 bridgehead atoms. The molecule has 1 heterocycles. The zero-order valence-electron chi connectivity index (χ0n) is 10.4. The molecule has 1 aliphatic heterocycles. The molecule has 2 rings (SSSR count). The molecule has 1 amide bonds. The maximum Gasteiger partial charge on any atom is 0.307 e. The van der Waals surface area contributed by atoms with Gasteiger partial charge in [-0.05, 0) is 33.4 Å². The fourth-order valence-corrected chi connectivity index (χ4v) is 2.69. The van der Waals surface area contributed by atoms with E-state index < -0.39 is 11.9 Å². The summed E-state index contributed by atoms with van der Waals surface area (Å²) in [5.41, 5.74) is 0. The summed E-state index contributed by atoms with van der Waals surface area (Å²) in [7, 11) is 4.00. The average Bonchev–Trinajstić information content (AvgIpc) is 2.92. The summed E-state index contributed by atoms with van der Waals surface area (Å²) < 4.78 is 0. The molecule has 1 N–H and O–H groups in total. The van der Waals surface area contributed by atoms with E-state index in [4.69, 9.17) is 5.11 Å². The topological polar surface area (TPSA) is 60.9 Å². The maximum atomic E-state index is 12.2. The van der Waals surface area contributed by atoms with Crippen molar-refractivity contribution in [3.63, 3.8) is 0 Å². The number of hydrogen-bond donors (Lipinski definition) is 1. The van der Waals surface area contributed by atoms with Gasteiger partial charge < -0.3 is 14.9 Å². The van der Waals surface area contributed by atoms with Crippen LogP contribution in [0.3, 0.4) is 0 Å². The number of carbonyl (C=O) groups excluding carboxylic acids is 1. The van der Waals surface area contributed by atoms with Gasteiger partial charge in [-0.3, -0.25) is 9.59 Å². The van der Waals surface area contributed by atoms with Crippen LogP contribution in [0.5, 0.6) is 0 Å². The molecule has 0 aromatic rings. The van der Waals surface area contributed by atoms with Gasteiger partial charge in [0, 0.05) is 19.1 Å². The Balaban J connectivity index is 1.93. The molecule has 0 aromatic carbocycles. The van der Waals surface area contributed by atoms with Crippen LogP contribution in [-0.2, 0) is 9.59 Å². The lowest BCUT2D eigenvalue weighted by atomic mass is 10.2. The molecule has 0 spiro atoms. The number of likely N-dealkylation sites (tertiary alicyclic amines) is 1. The molecule has 1 aliphatic carbocycles. The Kier molecular flexibility index (Phi) is 3.38. The molecule has 5 nitrogen and oxygen atoms in total. The van der Waals surface area contributed by atoms with Crippen molar-refractivity contribution in [3.05, 3.63) is 0 Å². The van der Waals surface area contributed by atoms with Gasteiger partial charge in [-0.1, -0.05) is 0 Å². The molecule has 0 aromatic heterocycles. The molecule has 5 heteroatoms. The highest BCUT2D eigenvalue weighted by Crippen LogP contribution is 2.41. The largest absolute Gasteiger partial charge is 0.481 e. The van der Waals surface area contributed by atoms with Crippen LogP contribution in [0.25, 0.3) is 0 Å². The summed E-state index contributed by atoms with van der Waals surface area (Å²) >= 11 is 0. The molecule has 96 valence electrons. The molecule has 2 fully saturated rings. The minimum atomic E-state index is -0.827. The lowest BCUT2D eigenvalue weighted by Gasteiger charge is -2.27. The van der Waals surface area contributed by atoms with E-state index >= 15 is 0 Å². The van der Waals surface area contributed by atoms with E-state index in [1.807, 2.05) is 19.0 Å². The van der Waals surface area contributed by atoms with Gasteiger partial charge in [0.2, 0.25) is 5.91 Å². The highest BCUT2D eigenvalue weighted by Gasteiger charge is 2.51. The Bertz CT molecular complexity index is 330. The Hall–Kier alpha value is -1.10. The second kappa shape index (κ2) is 4.64. The van der Waals surface area contributed by atoms with Crippen molar-refractivity contribution in [2.45, 2.75) is 25.3 Å². The Morgan fingerprint density at radius 3 is 2.59 bits per heavy atom. The van der Waals surface area contributed by atoms with Crippen molar-refractivity contribution < 1.29 is 14.7 Å². The lowest BCUT2D eigenvalue weighted by molar-refractivity contribution is -0.142. The van der Waals surface area contributed by atoms with Crippen LogP contribution >= 0.6 is 0 Å². The van der Waals surface area contributed by atoms with Crippen LogP contribution in [0, 0.1) is 11.8 Å². The third kappa shape index (κ3) is 2.60. The van der Waals surface area contributed by atoms with Gasteiger partial charge in [0.1, 0.15) is 0 Å². The summed E-state index contributed by atoms with van der Waals surface area (Å²) in [4.78, 5) is 26.9. The SMILES string of the molecule is CN(C)CC1CCCN1C(=O)C1CC1C(=O)O. The van der Waals surface area contributed by atoms with E-state index in [1.165, 1.54) is 0 Å². The summed E-state index contributed by atoms with van der Waals surface area (Å²) in [6.07, 6.45) is 2.60. The number of carboxylic acid groups (broad SMARTS) is 1. The average molecular weight is 240 g/mol. The van der Waals surface area contributed by atoms with Gasteiger partial charge >= 0.3 is 5.97 Å². The van der Waals surface area contributed by atoms with Gasteiger partial charge in [0.15, 0.2) is 0 Å². The maximum absolute atomic E-state index is 12.2. The van der Waals surface area contributed by atoms with Gasteiger partial charge in [0.25, 0.3) is 0 Å². The predicted octanol–water partition coefficient (Wildman–Crippen LogP) is 0.260. The van der Waals surface area contributed by atoms with Crippen molar-refractivity contribution >= 4 is 11.9 Å². The number of amides is 1. The minimum Gasteiger partial charge on any atom is -0.481 e. The van der Waals surface area contributed by atoms with E-state index in [0.29, 0.717) is 6.42 Å². The van der Waals surface area contributed by atoms with Gasteiger partial charge in [-0.15, -0.1) is 0 Å². The van der Waals surface area contributed by atoms with E-state index in [-0.39, 0.29) is 17.9 Å². The summed E-state index contributed by atoms with van der Waals surface area (Å²) in [6, 6.07) is 0.271. The third-order valence-corrected chi connectivity index (χ3v) is 3.66. The number of aliphatic carboxylic acids is 1. The minimum absolute atomic E-state index is 0.0572. The number of hydrogen-bond acceptors (Lipinski definition) is 3. The second-order valence-electron chi connectivity index (χ2n) is 5.38. The Morgan fingerprint density at radius 2 is 2.06 bits per heavy atom. The highest BCUT2D eigenvalue weighted by molar-refractivity contribution is 5.89. The van der Waals surface area contributed by atoms with Gasteiger partial charge in [0.05, 0.1) is 11.8 Å². The normalized spacial score (nSPS) is 31.9. The van der Waals surface area contributed by atoms with Crippen molar-refractivity contribution in [2.75, 3.05) is 27.2 Å². The summed E-state index contributed by atoms with van der Waals surface area (Å²) in [5.74, 6) is -1.45. The molecule has 2 aliphatic rings. The molecule has 3 atom stereocenters. The predicted molar refractivity (Wildman–Crippen MR) is 62.5 cm³/mol. The summed E-state index contributed by atoms with van der Waals surface area (Å²) in [5, 5.41) is 8.85. The quantitative estimate of drug-likeness (QED) is 0.765. The molecule has 3 unspecified atom stereocenters. The first-order chi connectivity index (χ1) is 8.00. The number of nitrogens with zero attached hydrogens (tertiary/aromatic N) is 2. The standard InChI is InChI=1S/C12H20N2O3/c1-13(2)7-8-4-3-5-14(8)11(15)9-6-10(9)12(16)17/h8-10H,3-7H2,1-2H3,(H,16,17). The number of carboxylic acids is 1. The Morgan fingerprint density at radius 1 is 1.35 bits per heavy atom. The smallest absolute Gasteiger partial charge is 0.307 e. The van der Waals surface area contributed by atoms with Crippen LogP contribution in [0.4, 0.5) is 0 Å². The Labute approximate surface area is 101 Å². The lowest BCUT2D eigenvalue weighted by Crippen LogP contribution is -2.42. The molecule has 0 radical (unpaired) electrons. The van der Waals surface area contributed by atoms with Crippen LogP contribution in [0.2, 0.25) is 0 Å². The first-order valence-electron chi connectivity index (χ1n) is 6.18. The van der Waals surface area contributed by atoms with E-state index in [2.05, 4.69) is 4.90 Å². The van der Waals surface area contributed by atoms with Gasteiger partial charge in [-0.25, -0.2) is 0 Å². The number of rotatable bonds is 4. The van der Waals surface area contributed by atoms with E-state index in [1.54, 1.807) is 0 Å². The second-order valence-corrected chi connectivity index (χ2v) is 5.38. The van der Waals surface area contributed by atoms with Crippen molar-refractivity contribution in [1.29, 1.82) is 0 Å². The summed E-state index contributed by atoms with van der Waals surface area (Å²) in [6.45, 7) is 1.66. The van der Waals surface area contributed by atoms with E-state index in [0.717, 1.165) is 25.9 Å². The fraction of sp³-hybridized carbons (Fsp3) is 0.833. The number of likely N-dealkylation sites (N-methyl/N-ethyl adjacent to an activating group) is 1. The van der Waals surface area contributed by atoms with Crippen LogP contribution < -0.4 is 0 Å². The highest BCUT2D eigenvalue weighted by atomic mass is 16.4. The molecular formula is C12H20N2O3. The van der Waals surface area contributed by atoms with Crippen molar-refractivity contribution in [3.8, 4) is 0 Å². The zero-order chi connectivity index (χ0) is 12.6. The first kappa shape index (κ1) is 12.4. The van der Waals surface area contributed by atoms with E-state index in [9.17, 15) is 9.59 Å². The third-order valence-electron chi connectivity index (χ3n) is 3.66. The van der Waals surface area contributed by atoms with Crippen molar-refractivity contribution in [1.82, 2.24) is 9.80 Å². The monoisotopic (exact) mass is 240 g/mol. The van der Waals surface area contributed by atoms with Gasteiger partial charge in [-0.2, -0.15) is 0 Å². The van der Waals surface area contributed by atoms with Crippen LogP contribution in [-0.4, -0.2) is 60.0 Å². The zero-order valence-corrected chi connectivity index (χ0v) is 10.4. The number of carbonyl (C=O) groups is 2. The van der Waals surface area contributed by atoms with Crippen molar-refractivity contribution in [2.24, 2.45) is 11.8 Å². The molecule has 1 saturated heterocycles. The fourth-order valence-electron chi connectivity index (χ4n) is 2.69.